The van der Waals surface area contributed by atoms with Gasteiger partial charge in [0.25, 0.3) is 0 Å². The number of hydrogen-bond donors (Lipinski definition) is 1. The summed E-state index contributed by atoms with van der Waals surface area (Å²) in [6.45, 7) is 0. The molecular weight excluding hydrogens is 259 g/mol. The highest BCUT2D eigenvalue weighted by molar-refractivity contribution is 7.07. The molecule has 2 rings (SSSR count). The number of aliphatic hydroxyl groups excluding tert-OH is 1. The maximum absolute atomic E-state index is 13.5. The molecule has 1 aromatic carbocycles. The Morgan fingerprint density at radius 1 is 1.29 bits per heavy atom. The van der Waals surface area contributed by atoms with Gasteiger partial charge in [-0.3, -0.25) is 0 Å². The lowest BCUT2D eigenvalue weighted by Crippen LogP contribution is -2.14. The van der Waals surface area contributed by atoms with Crippen molar-refractivity contribution in [2.24, 2.45) is 0 Å². The monoisotopic (exact) mass is 270 g/mol. The lowest BCUT2D eigenvalue weighted by atomic mass is 10.0. The summed E-state index contributed by atoms with van der Waals surface area (Å²) in [6.07, 6.45) is 0.147. The van der Waals surface area contributed by atoms with E-state index in [2.05, 4.69) is 0 Å². The van der Waals surface area contributed by atoms with Gasteiger partial charge in [0, 0.05) is 17.0 Å². The molecule has 1 heterocycles. The number of halogens is 2. The van der Waals surface area contributed by atoms with Gasteiger partial charge in [0.15, 0.2) is 0 Å². The minimum Gasteiger partial charge on any atom is -0.392 e. The van der Waals surface area contributed by atoms with Crippen molar-refractivity contribution in [2.75, 3.05) is 0 Å². The fourth-order valence-electron chi connectivity index (χ4n) is 1.72. The predicted molar refractivity (Wildman–Crippen MR) is 69.1 cm³/mol. The average Bonchev–Trinajstić information content (AvgIpc) is 2.76. The van der Waals surface area contributed by atoms with Gasteiger partial charge >= 0.3 is 0 Å². The molecule has 1 N–H and O–H groups in total. The van der Waals surface area contributed by atoms with Gasteiger partial charge in [0.1, 0.15) is 5.82 Å². The Morgan fingerprint density at radius 3 is 2.76 bits per heavy atom. The molecule has 0 saturated carbocycles. The van der Waals surface area contributed by atoms with Crippen molar-refractivity contribution in [3.63, 3.8) is 0 Å². The molecule has 0 aliphatic heterocycles. The van der Waals surface area contributed by atoms with Gasteiger partial charge < -0.3 is 5.11 Å². The molecular formula is C13H12ClFOS. The van der Waals surface area contributed by atoms with E-state index in [-0.39, 0.29) is 12.2 Å². The van der Waals surface area contributed by atoms with Crippen molar-refractivity contribution in [1.29, 1.82) is 0 Å². The fraction of sp³-hybridized carbons (Fsp3) is 0.231. The molecule has 0 saturated heterocycles. The first-order chi connectivity index (χ1) is 8.16. The van der Waals surface area contributed by atoms with Gasteiger partial charge in [0.05, 0.1) is 6.10 Å². The van der Waals surface area contributed by atoms with Gasteiger partial charge in [-0.15, -0.1) is 0 Å². The standard InChI is InChI=1S/C13H12ClFOS/c14-12-2-1-3-13(15)11(12)7-10(16)6-9-4-5-17-8-9/h1-5,8,10,16H,6-7H2. The first-order valence-corrected chi connectivity index (χ1v) is 6.61. The van der Waals surface area contributed by atoms with Crippen molar-refractivity contribution in [3.8, 4) is 0 Å². The summed E-state index contributed by atoms with van der Waals surface area (Å²) in [7, 11) is 0. The van der Waals surface area contributed by atoms with Crippen LogP contribution in [-0.2, 0) is 12.8 Å². The van der Waals surface area contributed by atoms with Crippen LogP contribution in [0.5, 0.6) is 0 Å². The third-order valence-electron chi connectivity index (χ3n) is 2.55. The second-order valence-electron chi connectivity index (χ2n) is 3.89. The number of aliphatic hydroxyl groups is 1. The van der Waals surface area contributed by atoms with Crippen LogP contribution in [-0.4, -0.2) is 11.2 Å². The summed E-state index contributed by atoms with van der Waals surface area (Å²) in [5.41, 5.74) is 1.45. The highest BCUT2D eigenvalue weighted by Gasteiger charge is 2.13. The summed E-state index contributed by atoms with van der Waals surface area (Å²) in [5.74, 6) is -0.359. The second kappa shape index (κ2) is 5.63. The highest BCUT2D eigenvalue weighted by Crippen LogP contribution is 2.21. The van der Waals surface area contributed by atoms with E-state index in [1.54, 1.807) is 23.5 Å². The number of thiophene rings is 1. The van der Waals surface area contributed by atoms with Gasteiger partial charge in [-0.05, 0) is 40.9 Å². The largest absolute Gasteiger partial charge is 0.392 e. The molecule has 1 atom stereocenters. The van der Waals surface area contributed by atoms with E-state index in [0.717, 1.165) is 5.56 Å². The van der Waals surface area contributed by atoms with E-state index in [4.69, 9.17) is 11.6 Å². The first-order valence-electron chi connectivity index (χ1n) is 5.29. The minimum atomic E-state index is -0.612. The molecule has 1 unspecified atom stereocenters. The number of rotatable bonds is 4. The van der Waals surface area contributed by atoms with Crippen LogP contribution in [0.1, 0.15) is 11.1 Å². The van der Waals surface area contributed by atoms with E-state index in [1.165, 1.54) is 6.07 Å². The van der Waals surface area contributed by atoms with Crippen molar-refractivity contribution in [1.82, 2.24) is 0 Å². The van der Waals surface area contributed by atoms with Crippen LogP contribution in [0.4, 0.5) is 4.39 Å². The molecule has 0 amide bonds. The van der Waals surface area contributed by atoms with Gasteiger partial charge in [0.2, 0.25) is 0 Å². The van der Waals surface area contributed by atoms with Gasteiger partial charge in [-0.25, -0.2) is 4.39 Å². The Hall–Kier alpha value is -0.900. The molecule has 0 spiro atoms. The highest BCUT2D eigenvalue weighted by atomic mass is 35.5. The molecule has 0 fully saturated rings. The van der Waals surface area contributed by atoms with Crippen LogP contribution in [0, 0.1) is 5.82 Å². The van der Waals surface area contributed by atoms with Crippen molar-refractivity contribution < 1.29 is 9.50 Å². The summed E-state index contributed by atoms with van der Waals surface area (Å²) in [4.78, 5) is 0. The zero-order valence-electron chi connectivity index (χ0n) is 9.07. The SMILES string of the molecule is OC(Cc1ccsc1)Cc1c(F)cccc1Cl. The zero-order chi connectivity index (χ0) is 12.3. The molecule has 4 heteroatoms. The molecule has 2 aromatic rings. The quantitative estimate of drug-likeness (QED) is 0.898. The molecule has 1 nitrogen and oxygen atoms in total. The summed E-state index contributed by atoms with van der Waals surface area (Å²) in [5, 5.41) is 14.2. The average molecular weight is 271 g/mol. The lowest BCUT2D eigenvalue weighted by molar-refractivity contribution is 0.174. The third kappa shape index (κ3) is 3.28. The summed E-state index contributed by atoms with van der Waals surface area (Å²) >= 11 is 7.49. The van der Waals surface area contributed by atoms with E-state index in [1.807, 2.05) is 16.8 Å². The predicted octanol–water partition coefficient (Wildman–Crippen LogP) is 3.69. The Bertz CT molecular complexity index is 464. The van der Waals surface area contributed by atoms with Crippen LogP contribution in [0.2, 0.25) is 5.02 Å². The van der Waals surface area contributed by atoms with Crippen molar-refractivity contribution in [2.45, 2.75) is 18.9 Å². The molecule has 0 radical (unpaired) electrons. The second-order valence-corrected chi connectivity index (χ2v) is 5.08. The van der Waals surface area contributed by atoms with Crippen LogP contribution in [0.15, 0.2) is 35.0 Å². The van der Waals surface area contributed by atoms with Crippen LogP contribution in [0.3, 0.4) is 0 Å². The first kappa shape index (κ1) is 12.6. The van der Waals surface area contributed by atoms with E-state index in [9.17, 15) is 9.50 Å². The van der Waals surface area contributed by atoms with Crippen LogP contribution >= 0.6 is 22.9 Å². The smallest absolute Gasteiger partial charge is 0.127 e. The normalized spacial score (nSPS) is 12.6. The Kier molecular flexibility index (Phi) is 4.15. The Balaban J connectivity index is 2.05. The molecule has 90 valence electrons. The van der Waals surface area contributed by atoms with E-state index in [0.29, 0.717) is 17.0 Å². The van der Waals surface area contributed by atoms with E-state index >= 15 is 0 Å². The van der Waals surface area contributed by atoms with Crippen molar-refractivity contribution in [3.05, 3.63) is 57.0 Å². The number of hydrogen-bond acceptors (Lipinski definition) is 2. The van der Waals surface area contributed by atoms with Crippen LogP contribution < -0.4 is 0 Å². The minimum absolute atomic E-state index is 0.237. The summed E-state index contributed by atoms with van der Waals surface area (Å²) < 4.78 is 13.5. The Morgan fingerprint density at radius 2 is 2.12 bits per heavy atom. The maximum Gasteiger partial charge on any atom is 0.127 e. The Labute approximate surface area is 108 Å². The molecule has 17 heavy (non-hydrogen) atoms. The molecule has 1 aromatic heterocycles. The maximum atomic E-state index is 13.5. The molecule has 0 bridgehead atoms. The number of benzene rings is 1. The lowest BCUT2D eigenvalue weighted by Gasteiger charge is -2.11. The van der Waals surface area contributed by atoms with Crippen LogP contribution in [0.25, 0.3) is 0 Å². The van der Waals surface area contributed by atoms with Gasteiger partial charge in [-0.2, -0.15) is 11.3 Å². The van der Waals surface area contributed by atoms with Gasteiger partial charge in [-0.1, -0.05) is 17.7 Å². The molecule has 0 aliphatic carbocycles. The van der Waals surface area contributed by atoms with E-state index < -0.39 is 6.10 Å². The molecule has 0 aliphatic rings. The summed E-state index contributed by atoms with van der Waals surface area (Å²) in [6, 6.07) is 6.51. The topological polar surface area (TPSA) is 20.2 Å². The fourth-order valence-corrected chi connectivity index (χ4v) is 2.64. The third-order valence-corrected chi connectivity index (χ3v) is 3.64. The zero-order valence-corrected chi connectivity index (χ0v) is 10.6. The van der Waals surface area contributed by atoms with Crippen molar-refractivity contribution >= 4 is 22.9 Å².